The van der Waals surface area contributed by atoms with Crippen LogP contribution in [0.15, 0.2) is 29.2 Å². The maximum absolute atomic E-state index is 12.7. The summed E-state index contributed by atoms with van der Waals surface area (Å²) in [7, 11) is 3.95. The van der Waals surface area contributed by atoms with Crippen LogP contribution in [-0.4, -0.2) is 61.2 Å². The summed E-state index contributed by atoms with van der Waals surface area (Å²) in [6.07, 6.45) is 3.89. The summed E-state index contributed by atoms with van der Waals surface area (Å²) < 4.78 is 5.21. The number of fused-ring (bicyclic) bond motifs is 2. The van der Waals surface area contributed by atoms with Crippen LogP contribution >= 0.6 is 0 Å². The summed E-state index contributed by atoms with van der Waals surface area (Å²) >= 11 is 0. The lowest BCUT2D eigenvalue weighted by molar-refractivity contribution is 0.0928. The number of nitrogens with zero attached hydrogens (tertiary/aromatic N) is 6. The van der Waals surface area contributed by atoms with E-state index in [-0.39, 0.29) is 17.6 Å². The number of hydrogen-bond donors (Lipinski definition) is 1. The zero-order valence-corrected chi connectivity index (χ0v) is 17.1. The summed E-state index contributed by atoms with van der Waals surface area (Å²) in [5.74, 6) is 0.620. The van der Waals surface area contributed by atoms with Crippen LogP contribution in [0, 0.1) is 6.92 Å². The number of aryl methyl sites for hydroxylation is 2. The molecule has 0 spiro atoms. The zero-order chi connectivity index (χ0) is 20.5. The van der Waals surface area contributed by atoms with Gasteiger partial charge in [-0.15, -0.1) is 0 Å². The lowest BCUT2D eigenvalue weighted by Crippen LogP contribution is -2.36. The Morgan fingerprint density at radius 2 is 2.14 bits per heavy atom. The van der Waals surface area contributed by atoms with Crippen molar-refractivity contribution in [3.05, 3.63) is 52.1 Å². The molecule has 0 fully saturated rings. The first-order valence-electron chi connectivity index (χ1n) is 9.99. The molecule has 3 aromatic heterocycles. The predicted molar refractivity (Wildman–Crippen MR) is 109 cm³/mol. The van der Waals surface area contributed by atoms with Crippen LogP contribution in [0.1, 0.15) is 34.8 Å². The second-order valence-corrected chi connectivity index (χ2v) is 7.90. The first-order valence-corrected chi connectivity index (χ1v) is 9.99. The first-order chi connectivity index (χ1) is 13.9. The van der Waals surface area contributed by atoms with Crippen molar-refractivity contribution in [1.82, 2.24) is 33.9 Å². The van der Waals surface area contributed by atoms with Crippen LogP contribution in [0.2, 0.25) is 0 Å². The fourth-order valence-corrected chi connectivity index (χ4v) is 3.73. The van der Waals surface area contributed by atoms with Gasteiger partial charge in [-0.05, 0) is 46.0 Å². The summed E-state index contributed by atoms with van der Waals surface area (Å²) in [5.41, 5.74) is 2.13. The van der Waals surface area contributed by atoms with Gasteiger partial charge in [-0.1, -0.05) is 6.07 Å². The lowest BCUT2D eigenvalue weighted by atomic mass is 10.1. The van der Waals surface area contributed by atoms with Crippen molar-refractivity contribution in [2.45, 2.75) is 45.3 Å². The number of rotatable bonds is 5. The first kappa shape index (κ1) is 19.4. The van der Waals surface area contributed by atoms with E-state index in [1.807, 2.05) is 48.5 Å². The van der Waals surface area contributed by atoms with Gasteiger partial charge in [0.05, 0.1) is 6.54 Å². The summed E-state index contributed by atoms with van der Waals surface area (Å²) in [6, 6.07) is 5.78. The minimum Gasteiger partial charge on any atom is -0.348 e. The third-order valence-corrected chi connectivity index (χ3v) is 5.44. The Hall–Kier alpha value is -2.94. The highest BCUT2D eigenvalue weighted by atomic mass is 16.2. The van der Waals surface area contributed by atoms with E-state index in [1.165, 1.54) is 0 Å². The number of carbonyl (C=O) groups is 1. The number of amides is 1. The van der Waals surface area contributed by atoms with Crippen molar-refractivity contribution in [2.24, 2.45) is 0 Å². The van der Waals surface area contributed by atoms with Gasteiger partial charge in [0.2, 0.25) is 0 Å². The van der Waals surface area contributed by atoms with E-state index in [9.17, 15) is 9.59 Å². The van der Waals surface area contributed by atoms with E-state index >= 15 is 0 Å². The zero-order valence-electron chi connectivity index (χ0n) is 17.1. The van der Waals surface area contributed by atoms with E-state index in [1.54, 1.807) is 15.4 Å². The average molecular weight is 397 g/mol. The van der Waals surface area contributed by atoms with Crippen LogP contribution in [-0.2, 0) is 19.5 Å². The molecule has 154 valence electrons. The van der Waals surface area contributed by atoms with Gasteiger partial charge in [-0.2, -0.15) is 5.10 Å². The third kappa shape index (κ3) is 3.95. The molecule has 0 bridgehead atoms. The largest absolute Gasteiger partial charge is 0.348 e. The molecular formula is C20H27N7O2. The molecular weight excluding hydrogens is 370 g/mol. The monoisotopic (exact) mass is 397 g/mol. The van der Waals surface area contributed by atoms with E-state index in [0.717, 1.165) is 30.1 Å². The standard InChI is InChI=1S/C20H27N7O2/c1-14-5-4-6-17-22-16(13-26(14)17)19(28)21-15-7-8-18-23-27(12-11-24(2)3)20(29)25(18)10-9-15/h4-6,13,15H,7-12H2,1-3H3,(H,21,28). The van der Waals surface area contributed by atoms with Crippen LogP contribution in [0.3, 0.4) is 0 Å². The second kappa shape index (κ2) is 7.82. The second-order valence-electron chi connectivity index (χ2n) is 7.90. The van der Waals surface area contributed by atoms with Crippen molar-refractivity contribution in [1.29, 1.82) is 0 Å². The van der Waals surface area contributed by atoms with E-state index in [2.05, 4.69) is 15.4 Å². The van der Waals surface area contributed by atoms with Crippen LogP contribution in [0.25, 0.3) is 5.65 Å². The number of carbonyl (C=O) groups excluding carboxylic acids is 1. The quantitative estimate of drug-likeness (QED) is 0.685. The number of hydrogen-bond acceptors (Lipinski definition) is 5. The van der Waals surface area contributed by atoms with Crippen molar-refractivity contribution in [2.75, 3.05) is 20.6 Å². The molecule has 29 heavy (non-hydrogen) atoms. The molecule has 4 rings (SSSR count). The average Bonchev–Trinajstić information content (AvgIpc) is 3.18. The Morgan fingerprint density at radius 1 is 1.31 bits per heavy atom. The molecule has 0 saturated carbocycles. The molecule has 1 unspecified atom stereocenters. The molecule has 1 amide bonds. The van der Waals surface area contributed by atoms with Gasteiger partial charge in [0.1, 0.15) is 17.2 Å². The molecule has 0 radical (unpaired) electrons. The van der Waals surface area contributed by atoms with Gasteiger partial charge >= 0.3 is 5.69 Å². The molecule has 9 heteroatoms. The Bertz CT molecular complexity index is 1090. The van der Waals surface area contributed by atoms with Crippen molar-refractivity contribution >= 4 is 11.6 Å². The van der Waals surface area contributed by atoms with E-state index in [0.29, 0.717) is 31.6 Å². The maximum atomic E-state index is 12.7. The fourth-order valence-electron chi connectivity index (χ4n) is 3.73. The Kier molecular flexibility index (Phi) is 5.23. The normalized spacial score (nSPS) is 16.8. The highest BCUT2D eigenvalue weighted by Gasteiger charge is 2.23. The molecule has 9 nitrogen and oxygen atoms in total. The van der Waals surface area contributed by atoms with Crippen molar-refractivity contribution < 1.29 is 4.79 Å². The Morgan fingerprint density at radius 3 is 2.90 bits per heavy atom. The van der Waals surface area contributed by atoms with Crippen molar-refractivity contribution in [3.8, 4) is 0 Å². The van der Waals surface area contributed by atoms with Crippen molar-refractivity contribution in [3.63, 3.8) is 0 Å². The fraction of sp³-hybridized carbons (Fsp3) is 0.500. The maximum Gasteiger partial charge on any atom is 0.345 e. The van der Waals surface area contributed by atoms with Crippen LogP contribution < -0.4 is 11.0 Å². The van der Waals surface area contributed by atoms with E-state index < -0.39 is 0 Å². The number of nitrogens with one attached hydrogen (secondary N) is 1. The molecule has 1 aliphatic rings. The molecule has 1 atom stereocenters. The number of pyridine rings is 1. The smallest absolute Gasteiger partial charge is 0.345 e. The molecule has 0 aliphatic carbocycles. The van der Waals surface area contributed by atoms with Gasteiger partial charge in [-0.25, -0.2) is 14.5 Å². The molecule has 0 saturated heterocycles. The molecule has 4 heterocycles. The lowest BCUT2D eigenvalue weighted by Gasteiger charge is -2.15. The van der Waals surface area contributed by atoms with Gasteiger partial charge in [0.15, 0.2) is 0 Å². The van der Waals surface area contributed by atoms with Gasteiger partial charge in [-0.3, -0.25) is 9.36 Å². The summed E-state index contributed by atoms with van der Waals surface area (Å²) in [5, 5.41) is 7.59. The molecule has 1 N–H and O–H groups in total. The minimum atomic E-state index is -0.180. The molecule has 1 aliphatic heterocycles. The minimum absolute atomic E-state index is 0.00951. The van der Waals surface area contributed by atoms with Crippen LogP contribution in [0.5, 0.6) is 0 Å². The Labute approximate surface area is 169 Å². The SMILES string of the molecule is Cc1cccc2nc(C(=O)NC3CCc4nn(CCN(C)C)c(=O)n4CC3)cn12. The van der Waals surface area contributed by atoms with Gasteiger partial charge in [0, 0.05) is 37.4 Å². The molecule has 3 aromatic rings. The highest BCUT2D eigenvalue weighted by molar-refractivity contribution is 5.93. The number of aromatic nitrogens is 5. The highest BCUT2D eigenvalue weighted by Crippen LogP contribution is 2.14. The van der Waals surface area contributed by atoms with Gasteiger partial charge in [0.25, 0.3) is 5.91 Å². The molecule has 0 aromatic carbocycles. The summed E-state index contributed by atoms with van der Waals surface area (Å²) in [6.45, 7) is 3.90. The number of likely N-dealkylation sites (N-methyl/N-ethyl adjacent to an activating group) is 1. The number of imidazole rings is 1. The van der Waals surface area contributed by atoms with Crippen LogP contribution in [0.4, 0.5) is 0 Å². The van der Waals surface area contributed by atoms with E-state index in [4.69, 9.17) is 0 Å². The van der Waals surface area contributed by atoms with Gasteiger partial charge < -0.3 is 14.6 Å². The Balaban J connectivity index is 1.42. The third-order valence-electron chi connectivity index (χ3n) is 5.44. The topological polar surface area (TPSA) is 89.5 Å². The summed E-state index contributed by atoms with van der Waals surface area (Å²) in [4.78, 5) is 31.8. The predicted octanol–water partition coefficient (Wildman–Crippen LogP) is 0.697.